The van der Waals surface area contributed by atoms with Crippen LogP contribution in [-0.4, -0.2) is 15.9 Å². The van der Waals surface area contributed by atoms with Crippen LogP contribution in [-0.2, 0) is 18.9 Å². The minimum Gasteiger partial charge on any atom is -0.279 e. The molecule has 0 saturated heterocycles. The van der Waals surface area contributed by atoms with Gasteiger partial charge in [-0.3, -0.25) is 14.7 Å². The molecular formula is C22H12ClF6N3OS. The lowest BCUT2D eigenvalue weighted by atomic mass is 10.0. The topological polar surface area (TPSA) is 46.1 Å². The molecule has 0 N–H and O–H groups in total. The molecule has 12 heteroatoms. The number of aromatic nitrogens is 2. The molecule has 0 unspecified atom stereocenters. The Labute approximate surface area is 197 Å². The average Bonchev–Trinajstić information content (AvgIpc) is 3.22. The molecule has 2 aromatic heterocycles. The Hall–Kier alpha value is -3.18. The molecule has 34 heavy (non-hydrogen) atoms. The maximum Gasteiger partial charge on any atom is 0.416 e. The molecule has 0 aliphatic heterocycles. The summed E-state index contributed by atoms with van der Waals surface area (Å²) in [6, 6.07) is 8.87. The number of amides is 1. The number of hydrogen-bond acceptors (Lipinski definition) is 4. The second kappa shape index (κ2) is 8.88. The van der Waals surface area contributed by atoms with Gasteiger partial charge in [-0.2, -0.15) is 26.3 Å². The first-order valence-corrected chi connectivity index (χ1v) is 10.7. The lowest BCUT2D eigenvalue weighted by molar-refractivity contribution is -0.143. The minimum absolute atomic E-state index is 0.0281. The molecular weight excluding hydrogens is 504 g/mol. The number of carbonyl (C=O) groups excluding carboxylic acids is 1. The van der Waals surface area contributed by atoms with Gasteiger partial charge >= 0.3 is 12.4 Å². The molecule has 4 aromatic rings. The molecule has 0 atom stereocenters. The third-order valence-corrected chi connectivity index (χ3v) is 6.08. The Kier molecular flexibility index (Phi) is 6.26. The van der Waals surface area contributed by atoms with E-state index in [1.165, 1.54) is 12.4 Å². The molecule has 0 saturated carbocycles. The highest BCUT2D eigenvalue weighted by atomic mass is 35.5. The number of carbonyl (C=O) groups is 1. The molecule has 2 heterocycles. The number of pyridine rings is 1. The number of nitrogens with zero attached hydrogens (tertiary/aromatic N) is 3. The van der Waals surface area contributed by atoms with Gasteiger partial charge in [-0.05, 0) is 42.0 Å². The number of benzene rings is 2. The zero-order valence-electron chi connectivity index (χ0n) is 16.8. The molecule has 0 aliphatic carbocycles. The van der Waals surface area contributed by atoms with Crippen LogP contribution in [0.25, 0.3) is 10.2 Å². The highest BCUT2D eigenvalue weighted by molar-refractivity contribution is 7.22. The molecule has 2 aromatic carbocycles. The summed E-state index contributed by atoms with van der Waals surface area (Å²) in [7, 11) is 0. The van der Waals surface area contributed by atoms with Gasteiger partial charge in [0, 0.05) is 18.0 Å². The van der Waals surface area contributed by atoms with Gasteiger partial charge in [0.05, 0.1) is 27.4 Å². The van der Waals surface area contributed by atoms with Crippen LogP contribution in [0.2, 0.25) is 5.02 Å². The van der Waals surface area contributed by atoms with Crippen molar-refractivity contribution < 1.29 is 31.1 Å². The van der Waals surface area contributed by atoms with Gasteiger partial charge < -0.3 is 0 Å². The van der Waals surface area contributed by atoms with Crippen LogP contribution in [0.1, 0.15) is 27.0 Å². The molecule has 0 aliphatic rings. The second-order valence-corrected chi connectivity index (χ2v) is 8.55. The van der Waals surface area contributed by atoms with Crippen molar-refractivity contribution in [2.75, 3.05) is 4.90 Å². The fourth-order valence-corrected chi connectivity index (χ4v) is 4.42. The van der Waals surface area contributed by atoms with E-state index in [2.05, 4.69) is 9.97 Å². The number of rotatable bonds is 4. The molecule has 0 fully saturated rings. The standard InChI is InChI=1S/C22H12ClF6N3OS/c23-16-4-1-5-17-18(16)31-20(34-17)32(11-12-3-2-6-30-10-12)19(33)13-7-14(21(24,25)26)9-15(8-13)22(27,28)29/h1-10H,11H2. The summed E-state index contributed by atoms with van der Waals surface area (Å²) >= 11 is 7.18. The summed E-state index contributed by atoms with van der Waals surface area (Å²) in [5, 5.41) is 0.343. The molecule has 0 radical (unpaired) electrons. The van der Waals surface area contributed by atoms with Crippen molar-refractivity contribution in [3.63, 3.8) is 0 Å². The van der Waals surface area contributed by atoms with Gasteiger partial charge in [0.2, 0.25) is 0 Å². The van der Waals surface area contributed by atoms with Crippen molar-refractivity contribution >= 4 is 44.2 Å². The molecule has 0 spiro atoms. The predicted molar refractivity (Wildman–Crippen MR) is 116 cm³/mol. The van der Waals surface area contributed by atoms with E-state index >= 15 is 0 Å². The van der Waals surface area contributed by atoms with E-state index in [0.717, 1.165) is 16.2 Å². The van der Waals surface area contributed by atoms with Gasteiger partial charge in [-0.25, -0.2) is 4.98 Å². The molecule has 176 valence electrons. The van der Waals surface area contributed by atoms with Gasteiger partial charge in [-0.1, -0.05) is 35.1 Å². The maximum atomic E-state index is 13.4. The fraction of sp³-hybridized carbons (Fsp3) is 0.136. The summed E-state index contributed by atoms with van der Waals surface area (Å²) in [4.78, 5) is 22.6. The number of alkyl halides is 6. The van der Waals surface area contributed by atoms with E-state index in [1.807, 2.05) is 0 Å². The Morgan fingerprint density at radius 3 is 2.21 bits per heavy atom. The zero-order chi connectivity index (χ0) is 24.7. The van der Waals surface area contributed by atoms with Crippen molar-refractivity contribution in [2.45, 2.75) is 18.9 Å². The molecule has 4 rings (SSSR count). The van der Waals surface area contributed by atoms with Crippen molar-refractivity contribution in [2.24, 2.45) is 0 Å². The van der Waals surface area contributed by atoms with Gasteiger partial charge in [0.25, 0.3) is 5.91 Å². The van der Waals surface area contributed by atoms with Gasteiger partial charge in [0.1, 0.15) is 5.52 Å². The summed E-state index contributed by atoms with van der Waals surface area (Å²) in [6.45, 7) is -0.193. The van der Waals surface area contributed by atoms with E-state index in [4.69, 9.17) is 11.6 Å². The van der Waals surface area contributed by atoms with E-state index in [-0.39, 0.29) is 22.8 Å². The first kappa shape index (κ1) is 24.0. The number of hydrogen-bond donors (Lipinski definition) is 0. The normalized spacial score (nSPS) is 12.2. The predicted octanol–water partition coefficient (Wildman–Crippen LogP) is 7.23. The van der Waals surface area contributed by atoms with E-state index in [0.29, 0.717) is 27.9 Å². The summed E-state index contributed by atoms with van der Waals surface area (Å²) < 4.78 is 80.6. The first-order valence-electron chi connectivity index (χ1n) is 9.49. The third kappa shape index (κ3) is 5.00. The summed E-state index contributed by atoms with van der Waals surface area (Å²) in [5.74, 6) is -1.09. The fourth-order valence-electron chi connectivity index (χ4n) is 3.15. The van der Waals surface area contributed by atoms with Gasteiger partial charge in [-0.15, -0.1) is 0 Å². The molecule has 4 nitrogen and oxygen atoms in total. The van der Waals surface area contributed by atoms with Crippen LogP contribution >= 0.6 is 22.9 Å². The van der Waals surface area contributed by atoms with Crippen molar-refractivity contribution in [3.8, 4) is 0 Å². The molecule has 0 bridgehead atoms. The number of fused-ring (bicyclic) bond motifs is 1. The smallest absolute Gasteiger partial charge is 0.279 e. The lowest BCUT2D eigenvalue weighted by Gasteiger charge is -2.21. The van der Waals surface area contributed by atoms with E-state index in [9.17, 15) is 31.1 Å². The van der Waals surface area contributed by atoms with Crippen molar-refractivity contribution in [1.29, 1.82) is 0 Å². The minimum atomic E-state index is -5.09. The van der Waals surface area contributed by atoms with Gasteiger partial charge in [0.15, 0.2) is 5.13 Å². The largest absolute Gasteiger partial charge is 0.416 e. The van der Waals surface area contributed by atoms with Crippen molar-refractivity contribution in [1.82, 2.24) is 9.97 Å². The highest BCUT2D eigenvalue weighted by Gasteiger charge is 2.38. The van der Waals surface area contributed by atoms with Crippen LogP contribution in [0, 0.1) is 0 Å². The Bertz CT molecular complexity index is 1320. The highest BCUT2D eigenvalue weighted by Crippen LogP contribution is 2.38. The molecule has 1 amide bonds. The monoisotopic (exact) mass is 515 g/mol. The van der Waals surface area contributed by atoms with E-state index in [1.54, 1.807) is 30.3 Å². The zero-order valence-corrected chi connectivity index (χ0v) is 18.4. The van der Waals surface area contributed by atoms with Crippen LogP contribution in [0.15, 0.2) is 60.9 Å². The summed E-state index contributed by atoms with van der Waals surface area (Å²) in [5.41, 5.74) is -3.10. The Balaban J connectivity index is 1.86. The second-order valence-electron chi connectivity index (χ2n) is 7.13. The number of para-hydroxylation sites is 1. The average molecular weight is 516 g/mol. The third-order valence-electron chi connectivity index (χ3n) is 4.73. The summed E-state index contributed by atoms with van der Waals surface area (Å²) in [6.07, 6.45) is -7.27. The number of anilines is 1. The maximum absolute atomic E-state index is 13.4. The van der Waals surface area contributed by atoms with Crippen LogP contribution < -0.4 is 4.90 Å². The quantitative estimate of drug-likeness (QED) is 0.269. The van der Waals surface area contributed by atoms with E-state index < -0.39 is 35.0 Å². The Morgan fingerprint density at radius 2 is 1.65 bits per heavy atom. The number of thiazole rings is 1. The SMILES string of the molecule is O=C(c1cc(C(F)(F)F)cc(C(F)(F)F)c1)N(Cc1cccnc1)c1nc2c(Cl)cccc2s1. The van der Waals surface area contributed by atoms with Crippen LogP contribution in [0.4, 0.5) is 31.5 Å². The van der Waals surface area contributed by atoms with Crippen LogP contribution in [0.3, 0.4) is 0 Å². The van der Waals surface area contributed by atoms with Crippen LogP contribution in [0.5, 0.6) is 0 Å². The van der Waals surface area contributed by atoms with Crippen molar-refractivity contribution in [3.05, 3.63) is 88.2 Å². The number of halogens is 7. The first-order chi connectivity index (χ1) is 15.9. The lowest BCUT2D eigenvalue weighted by Crippen LogP contribution is -2.31. The Morgan fingerprint density at radius 1 is 0.971 bits per heavy atom.